The van der Waals surface area contributed by atoms with Gasteiger partial charge in [-0.15, -0.1) is 0 Å². The Bertz CT molecular complexity index is 591. The van der Waals surface area contributed by atoms with Crippen LogP contribution in [0.2, 0.25) is 0 Å². The predicted octanol–water partition coefficient (Wildman–Crippen LogP) is 1.91. The minimum atomic E-state index is -0.558. The fourth-order valence-corrected chi connectivity index (χ4v) is 2.66. The summed E-state index contributed by atoms with van der Waals surface area (Å²) in [5.74, 6) is 0.549. The van der Waals surface area contributed by atoms with Crippen LogP contribution in [0.5, 0.6) is 5.75 Å². The van der Waals surface area contributed by atoms with Gasteiger partial charge in [-0.3, -0.25) is 15.0 Å². The normalized spacial score (nSPS) is 16.8. The number of ether oxygens (including phenoxy) is 2. The molecule has 2 rings (SSSR count). The molecule has 7 nitrogen and oxygen atoms in total. The lowest BCUT2D eigenvalue weighted by atomic mass is 9.96. The Kier molecular flexibility index (Phi) is 5.31. The lowest BCUT2D eigenvalue weighted by molar-refractivity contribution is -0.385. The van der Waals surface area contributed by atoms with E-state index in [9.17, 15) is 10.1 Å². The second kappa shape index (κ2) is 7.20. The van der Waals surface area contributed by atoms with Crippen LogP contribution in [0.3, 0.4) is 0 Å². The first-order chi connectivity index (χ1) is 10.6. The van der Waals surface area contributed by atoms with Crippen LogP contribution in [-0.4, -0.2) is 49.8 Å². The van der Waals surface area contributed by atoms with E-state index < -0.39 is 4.92 Å². The molecule has 1 fully saturated rings. The lowest BCUT2D eigenvalue weighted by Crippen LogP contribution is -2.38. The van der Waals surface area contributed by atoms with Gasteiger partial charge in [0.1, 0.15) is 17.4 Å². The molecule has 0 spiro atoms. The summed E-state index contributed by atoms with van der Waals surface area (Å²) in [5, 5.41) is 20.2. The number of nitro benzene ring substituents is 1. The van der Waals surface area contributed by atoms with Crippen molar-refractivity contribution in [3.8, 4) is 11.8 Å². The average Bonchev–Trinajstić information content (AvgIpc) is 2.54. The highest BCUT2D eigenvalue weighted by Crippen LogP contribution is 2.33. The number of nitro groups is 1. The molecule has 0 aromatic heterocycles. The molecule has 1 atom stereocenters. The zero-order valence-corrected chi connectivity index (χ0v) is 12.7. The molecule has 1 aromatic rings. The van der Waals surface area contributed by atoms with Crippen molar-refractivity contribution in [2.75, 3.05) is 40.0 Å². The van der Waals surface area contributed by atoms with Gasteiger partial charge in [-0.25, -0.2) is 0 Å². The summed E-state index contributed by atoms with van der Waals surface area (Å²) in [4.78, 5) is 12.7. The number of rotatable bonds is 5. The van der Waals surface area contributed by atoms with Gasteiger partial charge in [-0.1, -0.05) is 6.92 Å². The summed E-state index contributed by atoms with van der Waals surface area (Å²) in [7, 11) is 1.48. The molecular weight excluding hydrogens is 286 g/mol. The quantitative estimate of drug-likeness (QED) is 0.610. The first kappa shape index (κ1) is 16.2. The number of hydrogen-bond acceptors (Lipinski definition) is 6. The molecule has 0 saturated carbocycles. The monoisotopic (exact) mass is 305 g/mol. The van der Waals surface area contributed by atoms with Gasteiger partial charge in [0, 0.05) is 25.2 Å². The van der Waals surface area contributed by atoms with E-state index >= 15 is 0 Å². The van der Waals surface area contributed by atoms with Gasteiger partial charge in [-0.2, -0.15) is 5.26 Å². The third-order valence-electron chi connectivity index (χ3n) is 3.83. The van der Waals surface area contributed by atoms with Crippen LogP contribution < -0.4 is 4.74 Å². The summed E-state index contributed by atoms with van der Waals surface area (Å²) < 4.78 is 10.6. The molecule has 0 bridgehead atoms. The molecule has 0 radical (unpaired) electrons. The molecular formula is C15H19N3O4. The summed E-state index contributed by atoms with van der Waals surface area (Å²) in [6, 6.07) is 4.80. The summed E-state index contributed by atoms with van der Waals surface area (Å²) in [6.07, 6.45) is 0. The number of nitrogens with zero attached hydrogens (tertiary/aromatic N) is 3. The van der Waals surface area contributed by atoms with E-state index in [0.717, 1.165) is 25.2 Å². The van der Waals surface area contributed by atoms with Crippen LogP contribution in [-0.2, 0) is 4.74 Å². The standard InChI is InChI=1S/C15H19N3O4/c1-11(10-17-3-5-22-6-4-17)13-7-12(9-16)14(18(19)20)8-15(13)21-2/h7-8,11H,3-6,10H2,1-2H3. The van der Waals surface area contributed by atoms with Gasteiger partial charge < -0.3 is 9.47 Å². The number of morpholine rings is 1. The molecule has 0 amide bonds. The van der Waals surface area contributed by atoms with Gasteiger partial charge in [0.15, 0.2) is 0 Å². The zero-order valence-electron chi connectivity index (χ0n) is 12.7. The van der Waals surface area contributed by atoms with Crippen molar-refractivity contribution in [1.82, 2.24) is 4.90 Å². The van der Waals surface area contributed by atoms with E-state index in [1.54, 1.807) is 6.07 Å². The van der Waals surface area contributed by atoms with E-state index in [-0.39, 0.29) is 17.2 Å². The molecule has 0 aliphatic carbocycles. The molecule has 1 aliphatic rings. The summed E-state index contributed by atoms with van der Waals surface area (Å²) in [6.45, 7) is 5.99. The third-order valence-corrected chi connectivity index (χ3v) is 3.83. The molecule has 0 N–H and O–H groups in total. The van der Waals surface area contributed by atoms with Crippen molar-refractivity contribution in [2.24, 2.45) is 0 Å². The van der Waals surface area contributed by atoms with E-state index in [0.29, 0.717) is 19.0 Å². The first-order valence-electron chi connectivity index (χ1n) is 7.13. The molecule has 1 saturated heterocycles. The number of benzene rings is 1. The van der Waals surface area contributed by atoms with Gasteiger partial charge in [0.05, 0.1) is 31.3 Å². The van der Waals surface area contributed by atoms with Gasteiger partial charge in [-0.05, 0) is 12.0 Å². The number of methoxy groups -OCH3 is 1. The molecule has 22 heavy (non-hydrogen) atoms. The maximum absolute atomic E-state index is 11.0. The maximum atomic E-state index is 11.0. The Labute approximate surface area is 129 Å². The maximum Gasteiger partial charge on any atom is 0.290 e. The van der Waals surface area contributed by atoms with Gasteiger partial charge in [0.25, 0.3) is 5.69 Å². The van der Waals surface area contributed by atoms with E-state index in [4.69, 9.17) is 14.7 Å². The second-order valence-electron chi connectivity index (χ2n) is 5.29. The van der Waals surface area contributed by atoms with Gasteiger partial charge in [0.2, 0.25) is 0 Å². The Morgan fingerprint density at radius 3 is 2.73 bits per heavy atom. The Morgan fingerprint density at radius 2 is 2.18 bits per heavy atom. The SMILES string of the molecule is COc1cc([N+](=O)[O-])c(C#N)cc1C(C)CN1CCOCC1. The van der Waals surface area contributed by atoms with Crippen LogP contribution in [0.15, 0.2) is 12.1 Å². The Morgan fingerprint density at radius 1 is 1.50 bits per heavy atom. The topological polar surface area (TPSA) is 88.6 Å². The van der Waals surface area contributed by atoms with E-state index in [1.807, 2.05) is 13.0 Å². The highest BCUT2D eigenvalue weighted by molar-refractivity contribution is 5.56. The van der Waals surface area contributed by atoms with Crippen LogP contribution >= 0.6 is 0 Å². The van der Waals surface area contributed by atoms with Crippen LogP contribution in [0.1, 0.15) is 24.0 Å². The fourth-order valence-electron chi connectivity index (χ4n) is 2.66. The van der Waals surface area contributed by atoms with Crippen molar-refractivity contribution >= 4 is 5.69 Å². The predicted molar refractivity (Wildman–Crippen MR) is 80.0 cm³/mol. The van der Waals surface area contributed by atoms with Crippen LogP contribution in [0, 0.1) is 21.4 Å². The number of nitriles is 1. The minimum Gasteiger partial charge on any atom is -0.496 e. The van der Waals surface area contributed by atoms with Crippen LogP contribution in [0.25, 0.3) is 0 Å². The zero-order chi connectivity index (χ0) is 16.1. The summed E-state index contributed by atoms with van der Waals surface area (Å²) in [5.41, 5.74) is 0.660. The number of hydrogen-bond donors (Lipinski definition) is 0. The van der Waals surface area contributed by atoms with E-state index in [1.165, 1.54) is 13.2 Å². The largest absolute Gasteiger partial charge is 0.496 e. The molecule has 1 heterocycles. The lowest BCUT2D eigenvalue weighted by Gasteiger charge is -2.29. The second-order valence-corrected chi connectivity index (χ2v) is 5.29. The van der Waals surface area contributed by atoms with E-state index in [2.05, 4.69) is 4.90 Å². The van der Waals surface area contributed by atoms with Crippen LogP contribution in [0.4, 0.5) is 5.69 Å². The molecule has 1 aromatic carbocycles. The highest BCUT2D eigenvalue weighted by atomic mass is 16.6. The van der Waals surface area contributed by atoms with Crippen molar-refractivity contribution in [3.63, 3.8) is 0 Å². The van der Waals surface area contributed by atoms with Crippen molar-refractivity contribution in [2.45, 2.75) is 12.8 Å². The van der Waals surface area contributed by atoms with Gasteiger partial charge >= 0.3 is 0 Å². The highest BCUT2D eigenvalue weighted by Gasteiger charge is 2.23. The minimum absolute atomic E-state index is 0.0645. The van der Waals surface area contributed by atoms with Crippen molar-refractivity contribution < 1.29 is 14.4 Å². The molecule has 1 unspecified atom stereocenters. The Hall–Kier alpha value is -2.17. The molecule has 7 heteroatoms. The van der Waals surface area contributed by atoms with Crippen molar-refractivity contribution in [1.29, 1.82) is 5.26 Å². The first-order valence-corrected chi connectivity index (χ1v) is 7.13. The Balaban J connectivity index is 2.28. The van der Waals surface area contributed by atoms with Crippen molar-refractivity contribution in [3.05, 3.63) is 33.4 Å². The fraction of sp³-hybridized carbons (Fsp3) is 0.533. The molecule has 118 valence electrons. The smallest absolute Gasteiger partial charge is 0.290 e. The molecule has 1 aliphatic heterocycles. The third kappa shape index (κ3) is 3.53. The average molecular weight is 305 g/mol. The summed E-state index contributed by atoms with van der Waals surface area (Å²) >= 11 is 0.